The summed E-state index contributed by atoms with van der Waals surface area (Å²) in [5.41, 5.74) is 3.39. The van der Waals surface area contributed by atoms with Crippen LogP contribution in [-0.4, -0.2) is 50.7 Å². The molecule has 0 aromatic heterocycles. The average Bonchev–Trinajstić information content (AvgIpc) is 2.66. The number of carbonyl (C=O) groups excluding carboxylic acids is 1. The fourth-order valence-electron chi connectivity index (χ4n) is 3.46. The minimum atomic E-state index is -0.0210. The zero-order valence-electron chi connectivity index (χ0n) is 16.0. The molecule has 144 valence electrons. The zero-order chi connectivity index (χ0) is 19.4. The van der Waals surface area contributed by atoms with Crippen molar-refractivity contribution in [2.45, 2.75) is 13.8 Å². The van der Waals surface area contributed by atoms with Crippen molar-refractivity contribution in [2.75, 3.05) is 44.8 Å². The monoisotopic (exact) mass is 388 g/mol. The smallest absolute Gasteiger partial charge is 0.260 e. The average molecular weight is 389 g/mol. The zero-order valence-corrected chi connectivity index (χ0v) is 16.8. The van der Waals surface area contributed by atoms with E-state index in [1.165, 1.54) is 5.56 Å². The number of ether oxygens (including phenoxy) is 2. The molecule has 6 heteroatoms. The van der Waals surface area contributed by atoms with E-state index in [1.54, 1.807) is 13.2 Å². The van der Waals surface area contributed by atoms with Gasteiger partial charge in [-0.25, -0.2) is 0 Å². The number of rotatable bonds is 5. The second-order valence-electron chi connectivity index (χ2n) is 6.72. The number of halogens is 1. The maximum absolute atomic E-state index is 12.5. The fourth-order valence-corrected chi connectivity index (χ4v) is 3.90. The summed E-state index contributed by atoms with van der Waals surface area (Å²) in [4.78, 5) is 16.6. The second kappa shape index (κ2) is 8.53. The summed E-state index contributed by atoms with van der Waals surface area (Å²) < 4.78 is 10.9. The molecule has 5 nitrogen and oxygen atoms in total. The fraction of sp³-hybridized carbons (Fsp3) is 0.381. The summed E-state index contributed by atoms with van der Waals surface area (Å²) in [6.07, 6.45) is 0. The van der Waals surface area contributed by atoms with Gasteiger partial charge in [0.25, 0.3) is 5.91 Å². The first-order valence-corrected chi connectivity index (χ1v) is 9.42. The van der Waals surface area contributed by atoms with Crippen molar-refractivity contribution in [3.8, 4) is 11.5 Å². The summed E-state index contributed by atoms with van der Waals surface area (Å²) in [6.45, 7) is 6.93. The van der Waals surface area contributed by atoms with Crippen LogP contribution < -0.4 is 14.4 Å². The molecule has 0 saturated carbocycles. The number of para-hydroxylation sites is 2. The number of nitrogens with zero attached hydrogens (tertiary/aromatic N) is 2. The van der Waals surface area contributed by atoms with E-state index >= 15 is 0 Å². The Labute approximate surface area is 165 Å². The summed E-state index contributed by atoms with van der Waals surface area (Å²) in [7, 11) is 1.58. The van der Waals surface area contributed by atoms with Crippen LogP contribution in [0.1, 0.15) is 11.1 Å². The van der Waals surface area contributed by atoms with Gasteiger partial charge < -0.3 is 19.3 Å². The maximum Gasteiger partial charge on any atom is 0.260 e. The van der Waals surface area contributed by atoms with Gasteiger partial charge in [0.15, 0.2) is 18.1 Å². The lowest BCUT2D eigenvalue weighted by Crippen LogP contribution is -2.50. The molecule has 1 heterocycles. The third kappa shape index (κ3) is 4.48. The van der Waals surface area contributed by atoms with Crippen LogP contribution in [0.3, 0.4) is 0 Å². The van der Waals surface area contributed by atoms with Crippen molar-refractivity contribution in [3.63, 3.8) is 0 Å². The number of benzene rings is 2. The van der Waals surface area contributed by atoms with Crippen LogP contribution in [0.15, 0.2) is 36.4 Å². The molecule has 1 aliphatic heterocycles. The van der Waals surface area contributed by atoms with Crippen LogP contribution in [0.2, 0.25) is 5.02 Å². The van der Waals surface area contributed by atoms with Gasteiger partial charge in [0, 0.05) is 26.2 Å². The molecule has 0 unspecified atom stereocenters. The number of amides is 1. The molecular weight excluding hydrogens is 364 g/mol. The van der Waals surface area contributed by atoms with Crippen LogP contribution in [-0.2, 0) is 4.79 Å². The van der Waals surface area contributed by atoms with Gasteiger partial charge in [0.2, 0.25) is 0 Å². The Hall–Kier alpha value is -2.40. The molecule has 0 aliphatic carbocycles. The minimum Gasteiger partial charge on any atom is -0.493 e. The highest BCUT2D eigenvalue weighted by Crippen LogP contribution is 2.31. The molecule has 2 aromatic rings. The van der Waals surface area contributed by atoms with Gasteiger partial charge in [-0.1, -0.05) is 29.8 Å². The van der Waals surface area contributed by atoms with Gasteiger partial charge in [-0.05, 0) is 43.2 Å². The van der Waals surface area contributed by atoms with Crippen molar-refractivity contribution < 1.29 is 14.3 Å². The predicted octanol–water partition coefficient (Wildman–Crippen LogP) is 3.69. The third-order valence-corrected chi connectivity index (χ3v) is 5.06. The summed E-state index contributed by atoms with van der Waals surface area (Å²) in [6, 6.07) is 11.5. The van der Waals surface area contributed by atoms with Gasteiger partial charge in [-0.2, -0.15) is 0 Å². The highest BCUT2D eigenvalue weighted by molar-refractivity contribution is 6.33. The van der Waals surface area contributed by atoms with Crippen LogP contribution >= 0.6 is 11.6 Å². The molecular formula is C21H25ClN2O3. The number of anilines is 1. The Balaban J connectivity index is 1.57. The van der Waals surface area contributed by atoms with Crippen molar-refractivity contribution in [1.82, 2.24) is 4.90 Å². The van der Waals surface area contributed by atoms with Crippen LogP contribution in [0.4, 0.5) is 5.69 Å². The molecule has 0 spiro atoms. The third-order valence-electron chi connectivity index (χ3n) is 4.77. The van der Waals surface area contributed by atoms with Gasteiger partial charge in [-0.3, -0.25) is 4.79 Å². The van der Waals surface area contributed by atoms with Crippen LogP contribution in [0.25, 0.3) is 0 Å². The van der Waals surface area contributed by atoms with E-state index in [0.29, 0.717) is 24.6 Å². The largest absolute Gasteiger partial charge is 0.493 e. The van der Waals surface area contributed by atoms with E-state index in [9.17, 15) is 4.79 Å². The Morgan fingerprint density at radius 1 is 1.07 bits per heavy atom. The number of aryl methyl sites for hydroxylation is 2. The lowest BCUT2D eigenvalue weighted by atomic mass is 10.1. The van der Waals surface area contributed by atoms with E-state index in [-0.39, 0.29) is 12.5 Å². The predicted molar refractivity (Wildman–Crippen MR) is 108 cm³/mol. The molecule has 2 aromatic carbocycles. The summed E-state index contributed by atoms with van der Waals surface area (Å²) >= 11 is 6.46. The van der Waals surface area contributed by atoms with E-state index in [0.717, 1.165) is 29.4 Å². The first-order chi connectivity index (χ1) is 13.0. The molecule has 1 fully saturated rings. The summed E-state index contributed by atoms with van der Waals surface area (Å²) in [5, 5.41) is 0.770. The normalized spacial score (nSPS) is 14.2. The first-order valence-electron chi connectivity index (χ1n) is 9.05. The first kappa shape index (κ1) is 19.4. The van der Waals surface area contributed by atoms with Crippen molar-refractivity contribution >= 4 is 23.2 Å². The van der Waals surface area contributed by atoms with Gasteiger partial charge >= 0.3 is 0 Å². The highest BCUT2D eigenvalue weighted by Gasteiger charge is 2.24. The molecule has 0 N–H and O–H groups in total. The van der Waals surface area contributed by atoms with Gasteiger partial charge in [0.1, 0.15) is 0 Å². The van der Waals surface area contributed by atoms with Crippen LogP contribution in [0, 0.1) is 13.8 Å². The quantitative estimate of drug-likeness (QED) is 0.783. The number of hydrogen-bond donors (Lipinski definition) is 0. The van der Waals surface area contributed by atoms with E-state index in [4.69, 9.17) is 21.1 Å². The van der Waals surface area contributed by atoms with Crippen molar-refractivity contribution in [3.05, 3.63) is 52.5 Å². The van der Waals surface area contributed by atoms with Gasteiger partial charge in [-0.15, -0.1) is 0 Å². The molecule has 1 amide bonds. The van der Waals surface area contributed by atoms with Crippen molar-refractivity contribution in [2.24, 2.45) is 0 Å². The highest BCUT2D eigenvalue weighted by atomic mass is 35.5. The molecule has 3 rings (SSSR count). The topological polar surface area (TPSA) is 42.0 Å². The molecule has 0 atom stereocenters. The van der Waals surface area contributed by atoms with E-state index < -0.39 is 0 Å². The second-order valence-corrected chi connectivity index (χ2v) is 7.13. The Morgan fingerprint density at radius 3 is 2.37 bits per heavy atom. The molecule has 0 radical (unpaired) electrons. The maximum atomic E-state index is 12.5. The lowest BCUT2D eigenvalue weighted by Gasteiger charge is -2.37. The van der Waals surface area contributed by atoms with Crippen LogP contribution in [0.5, 0.6) is 11.5 Å². The SMILES string of the molecule is COc1ccccc1OCC(=O)N1CCN(c2c(C)cc(C)cc2Cl)CC1. The standard InChI is InChI=1S/C21H25ClN2O3/c1-15-12-16(2)21(17(22)13-15)24-10-8-23(9-11-24)20(25)14-27-19-7-5-4-6-18(19)26-3/h4-7,12-13H,8-11,14H2,1-3H3. The lowest BCUT2D eigenvalue weighted by molar-refractivity contribution is -0.133. The van der Waals surface area contributed by atoms with E-state index in [2.05, 4.69) is 17.9 Å². The Morgan fingerprint density at radius 2 is 1.74 bits per heavy atom. The molecule has 1 saturated heterocycles. The number of carbonyl (C=O) groups is 1. The van der Waals surface area contributed by atoms with Gasteiger partial charge in [0.05, 0.1) is 17.8 Å². The van der Waals surface area contributed by atoms with E-state index in [1.807, 2.05) is 36.1 Å². The molecule has 1 aliphatic rings. The molecule has 0 bridgehead atoms. The number of hydrogen-bond acceptors (Lipinski definition) is 4. The Kier molecular flexibility index (Phi) is 6.11. The molecule has 27 heavy (non-hydrogen) atoms. The summed E-state index contributed by atoms with van der Waals surface area (Å²) in [5.74, 6) is 1.18. The number of piperazine rings is 1. The minimum absolute atomic E-state index is 0.00465. The van der Waals surface area contributed by atoms with Crippen molar-refractivity contribution in [1.29, 1.82) is 0 Å². The Bertz CT molecular complexity index is 794. The number of methoxy groups -OCH3 is 1.